The van der Waals surface area contributed by atoms with Crippen LogP contribution in [0.2, 0.25) is 5.02 Å². The molecule has 9 heteroatoms. The molecule has 0 amide bonds. The molecule has 7 nitrogen and oxygen atoms in total. The summed E-state index contributed by atoms with van der Waals surface area (Å²) in [6.45, 7) is 6.72. The molecule has 0 bridgehead atoms. The molecular weight excluding hydrogens is 481 g/mol. The molecule has 1 aromatic heterocycles. The molecule has 148 valence electrons. The molecule has 2 N–H and O–H groups in total. The zero-order valence-electron chi connectivity index (χ0n) is 15.5. The Morgan fingerprint density at radius 2 is 2.22 bits per heavy atom. The number of benzene rings is 1. The molecule has 1 fully saturated rings. The first kappa shape index (κ1) is 21.9. The van der Waals surface area contributed by atoms with E-state index in [0.29, 0.717) is 35.8 Å². The number of aliphatic imine (C=N–C) groups is 1. The summed E-state index contributed by atoms with van der Waals surface area (Å²) in [5, 5.41) is 11.2. The Hall–Kier alpha value is -1.39. The van der Waals surface area contributed by atoms with Crippen LogP contribution in [-0.4, -0.2) is 41.4 Å². The van der Waals surface area contributed by atoms with Gasteiger partial charge in [0.05, 0.1) is 5.60 Å². The number of aromatic nitrogens is 2. The van der Waals surface area contributed by atoms with E-state index in [-0.39, 0.29) is 29.6 Å². The predicted molar refractivity (Wildman–Crippen MR) is 117 cm³/mol. The first-order valence-corrected chi connectivity index (χ1v) is 9.20. The van der Waals surface area contributed by atoms with Crippen LogP contribution in [0.25, 0.3) is 11.4 Å². The first-order chi connectivity index (χ1) is 12.6. The Labute approximate surface area is 181 Å². The summed E-state index contributed by atoms with van der Waals surface area (Å²) < 4.78 is 11.1. The molecule has 1 atom stereocenters. The number of rotatable bonds is 6. The van der Waals surface area contributed by atoms with Crippen LogP contribution in [0.3, 0.4) is 0 Å². The van der Waals surface area contributed by atoms with Crippen LogP contribution in [0.15, 0.2) is 33.8 Å². The molecule has 2 heterocycles. The number of nitrogens with zero attached hydrogens (tertiary/aromatic N) is 3. The van der Waals surface area contributed by atoms with Gasteiger partial charge < -0.3 is 19.9 Å². The van der Waals surface area contributed by atoms with Crippen LogP contribution in [0.4, 0.5) is 0 Å². The second-order valence-electron chi connectivity index (χ2n) is 6.47. The fraction of sp³-hybridized carbons (Fsp3) is 0.500. The van der Waals surface area contributed by atoms with Gasteiger partial charge in [-0.2, -0.15) is 4.98 Å². The molecule has 1 unspecified atom stereocenters. The highest BCUT2D eigenvalue weighted by Crippen LogP contribution is 2.24. The van der Waals surface area contributed by atoms with Gasteiger partial charge in [0.15, 0.2) is 5.96 Å². The van der Waals surface area contributed by atoms with Gasteiger partial charge in [-0.05, 0) is 38.8 Å². The molecule has 1 aliphatic heterocycles. The summed E-state index contributed by atoms with van der Waals surface area (Å²) in [6.07, 6.45) is 2.15. The van der Waals surface area contributed by atoms with Crippen molar-refractivity contribution < 1.29 is 9.26 Å². The Bertz CT molecular complexity index is 762. The normalized spacial score (nSPS) is 19.6. The summed E-state index contributed by atoms with van der Waals surface area (Å²) in [5.41, 5.74) is 0.674. The van der Waals surface area contributed by atoms with Crippen LogP contribution >= 0.6 is 35.6 Å². The third-order valence-electron chi connectivity index (χ3n) is 4.20. The van der Waals surface area contributed by atoms with Crippen molar-refractivity contribution in [3.8, 4) is 11.4 Å². The van der Waals surface area contributed by atoms with E-state index in [0.717, 1.165) is 31.6 Å². The lowest BCUT2D eigenvalue weighted by atomic mass is 10.0. The average Bonchev–Trinajstić information content (AvgIpc) is 3.27. The second-order valence-corrected chi connectivity index (χ2v) is 6.91. The summed E-state index contributed by atoms with van der Waals surface area (Å²) in [7, 11) is 0. The van der Waals surface area contributed by atoms with Crippen molar-refractivity contribution in [2.24, 2.45) is 4.99 Å². The Morgan fingerprint density at radius 3 is 2.93 bits per heavy atom. The van der Waals surface area contributed by atoms with Crippen molar-refractivity contribution >= 4 is 41.5 Å². The first-order valence-electron chi connectivity index (χ1n) is 8.83. The van der Waals surface area contributed by atoms with E-state index in [1.807, 2.05) is 19.1 Å². The van der Waals surface area contributed by atoms with Crippen molar-refractivity contribution in [1.29, 1.82) is 0 Å². The van der Waals surface area contributed by atoms with Gasteiger partial charge >= 0.3 is 0 Å². The van der Waals surface area contributed by atoms with Crippen molar-refractivity contribution in [3.63, 3.8) is 0 Å². The SMILES string of the molecule is CCNC(=NCc1nc(-c2cccc(Cl)c2)no1)NCC1(C)CCCO1.I. The third kappa shape index (κ3) is 6.32. The van der Waals surface area contributed by atoms with Crippen LogP contribution in [-0.2, 0) is 11.3 Å². The second kappa shape index (κ2) is 10.2. The van der Waals surface area contributed by atoms with E-state index < -0.39 is 0 Å². The lowest BCUT2D eigenvalue weighted by Crippen LogP contribution is -2.45. The van der Waals surface area contributed by atoms with Crippen LogP contribution in [0.5, 0.6) is 0 Å². The molecule has 27 heavy (non-hydrogen) atoms. The van der Waals surface area contributed by atoms with Crippen molar-refractivity contribution in [1.82, 2.24) is 20.8 Å². The maximum Gasteiger partial charge on any atom is 0.248 e. The largest absolute Gasteiger partial charge is 0.373 e. The molecule has 0 aliphatic carbocycles. The van der Waals surface area contributed by atoms with Gasteiger partial charge in [-0.1, -0.05) is 28.9 Å². The standard InChI is InChI=1S/C18H24ClN5O2.HI/c1-3-20-17(22-12-18(2)8-5-9-25-18)21-11-15-23-16(24-26-15)13-6-4-7-14(19)10-13;/h4,6-7,10H,3,5,8-9,11-12H2,1-2H3,(H2,20,21,22);1H. The zero-order chi connectivity index (χ0) is 18.4. The number of ether oxygens (including phenoxy) is 1. The molecule has 2 aromatic rings. The maximum absolute atomic E-state index is 6.00. The monoisotopic (exact) mass is 505 g/mol. The van der Waals surface area contributed by atoms with E-state index in [1.165, 1.54) is 0 Å². The fourth-order valence-electron chi connectivity index (χ4n) is 2.80. The number of halogens is 2. The number of nitrogens with one attached hydrogen (secondary N) is 2. The lowest BCUT2D eigenvalue weighted by Gasteiger charge is -2.24. The van der Waals surface area contributed by atoms with Crippen molar-refractivity contribution in [2.75, 3.05) is 19.7 Å². The predicted octanol–water partition coefficient (Wildman–Crippen LogP) is 3.63. The number of hydrogen-bond acceptors (Lipinski definition) is 5. The maximum atomic E-state index is 6.00. The van der Waals surface area contributed by atoms with E-state index in [2.05, 4.69) is 32.7 Å². The smallest absolute Gasteiger partial charge is 0.248 e. The molecular formula is C18H25ClIN5O2. The minimum absolute atomic E-state index is 0. The number of guanidine groups is 1. The molecule has 1 aliphatic rings. The summed E-state index contributed by atoms with van der Waals surface area (Å²) in [6, 6.07) is 7.34. The van der Waals surface area contributed by atoms with Gasteiger partial charge in [0.1, 0.15) is 6.54 Å². The Kier molecular flexibility index (Phi) is 8.30. The Balaban J connectivity index is 0.00000261. The molecule has 1 saturated heterocycles. The quantitative estimate of drug-likeness (QED) is 0.354. The molecule has 3 rings (SSSR count). The van der Waals surface area contributed by atoms with Gasteiger partial charge in [0.2, 0.25) is 11.7 Å². The van der Waals surface area contributed by atoms with Crippen molar-refractivity contribution in [3.05, 3.63) is 35.2 Å². The van der Waals surface area contributed by atoms with E-state index in [1.54, 1.807) is 12.1 Å². The van der Waals surface area contributed by atoms with Crippen LogP contribution in [0, 0.1) is 0 Å². The minimum atomic E-state index is -0.138. The number of hydrogen-bond donors (Lipinski definition) is 2. The molecule has 0 saturated carbocycles. The van der Waals surface area contributed by atoms with Crippen LogP contribution < -0.4 is 10.6 Å². The molecule has 1 aromatic carbocycles. The van der Waals surface area contributed by atoms with E-state index >= 15 is 0 Å². The zero-order valence-corrected chi connectivity index (χ0v) is 18.6. The average molecular weight is 506 g/mol. The van der Waals surface area contributed by atoms with E-state index in [4.69, 9.17) is 20.9 Å². The summed E-state index contributed by atoms with van der Waals surface area (Å²) in [4.78, 5) is 8.90. The highest BCUT2D eigenvalue weighted by Gasteiger charge is 2.29. The molecule has 0 radical (unpaired) electrons. The van der Waals surface area contributed by atoms with Gasteiger partial charge in [-0.3, -0.25) is 0 Å². The lowest BCUT2D eigenvalue weighted by molar-refractivity contribution is 0.0243. The Morgan fingerprint density at radius 1 is 1.37 bits per heavy atom. The fourth-order valence-corrected chi connectivity index (χ4v) is 2.99. The summed E-state index contributed by atoms with van der Waals surface area (Å²) >= 11 is 6.00. The highest BCUT2D eigenvalue weighted by molar-refractivity contribution is 14.0. The van der Waals surface area contributed by atoms with Gasteiger partial charge in [0, 0.05) is 30.3 Å². The summed E-state index contributed by atoms with van der Waals surface area (Å²) in [5.74, 6) is 1.65. The van der Waals surface area contributed by atoms with Gasteiger partial charge in [-0.25, -0.2) is 4.99 Å². The molecule has 0 spiro atoms. The van der Waals surface area contributed by atoms with Crippen LogP contribution in [0.1, 0.15) is 32.6 Å². The van der Waals surface area contributed by atoms with Gasteiger partial charge in [0.25, 0.3) is 0 Å². The van der Waals surface area contributed by atoms with Gasteiger partial charge in [-0.15, -0.1) is 24.0 Å². The van der Waals surface area contributed by atoms with E-state index in [9.17, 15) is 0 Å². The third-order valence-corrected chi connectivity index (χ3v) is 4.43. The highest BCUT2D eigenvalue weighted by atomic mass is 127. The topological polar surface area (TPSA) is 84.6 Å². The van der Waals surface area contributed by atoms with Crippen molar-refractivity contribution in [2.45, 2.75) is 38.8 Å². The minimum Gasteiger partial charge on any atom is -0.373 e.